The van der Waals surface area contributed by atoms with Gasteiger partial charge in [-0.3, -0.25) is 4.79 Å². The molecule has 1 N–H and O–H groups in total. The Morgan fingerprint density at radius 2 is 1.84 bits per heavy atom. The van der Waals surface area contributed by atoms with Crippen LogP contribution < -0.4 is 10.1 Å². The van der Waals surface area contributed by atoms with Crippen LogP contribution in [0.25, 0.3) is 6.08 Å². The summed E-state index contributed by atoms with van der Waals surface area (Å²) in [6.07, 6.45) is 1.59. The van der Waals surface area contributed by atoms with E-state index in [9.17, 15) is 10.1 Å². The van der Waals surface area contributed by atoms with Crippen molar-refractivity contribution in [3.8, 4) is 11.8 Å². The van der Waals surface area contributed by atoms with E-state index in [2.05, 4.69) is 26.1 Å². The first kappa shape index (κ1) is 18.3. The number of hydrogen-bond acceptors (Lipinski definition) is 3. The molecule has 0 saturated carbocycles. The molecule has 128 valence electrons. The molecule has 0 fully saturated rings. The molecule has 0 aliphatic heterocycles. The van der Waals surface area contributed by atoms with E-state index < -0.39 is 5.91 Å². The van der Waals surface area contributed by atoms with Gasteiger partial charge < -0.3 is 10.1 Å². The van der Waals surface area contributed by atoms with Crippen LogP contribution >= 0.6 is 0 Å². The van der Waals surface area contributed by atoms with Crippen molar-refractivity contribution in [2.75, 3.05) is 12.4 Å². The fourth-order valence-corrected chi connectivity index (χ4v) is 2.29. The molecule has 0 atom stereocenters. The maximum atomic E-state index is 12.3. The van der Waals surface area contributed by atoms with E-state index in [1.54, 1.807) is 37.5 Å². The van der Waals surface area contributed by atoms with Crippen molar-refractivity contribution in [1.29, 1.82) is 5.26 Å². The fraction of sp³-hybridized carbons (Fsp3) is 0.238. The Balaban J connectivity index is 2.19. The van der Waals surface area contributed by atoms with E-state index in [1.165, 1.54) is 5.56 Å². The van der Waals surface area contributed by atoms with Gasteiger partial charge in [-0.15, -0.1) is 0 Å². The summed E-state index contributed by atoms with van der Waals surface area (Å²) in [4.78, 5) is 12.3. The molecule has 0 aliphatic rings. The Hall–Kier alpha value is -3.06. The van der Waals surface area contributed by atoms with Crippen LogP contribution in [-0.2, 0) is 10.2 Å². The molecule has 25 heavy (non-hydrogen) atoms. The van der Waals surface area contributed by atoms with E-state index in [4.69, 9.17) is 4.74 Å². The zero-order valence-corrected chi connectivity index (χ0v) is 15.0. The first-order chi connectivity index (χ1) is 11.8. The zero-order chi connectivity index (χ0) is 18.4. The lowest BCUT2D eigenvalue weighted by Crippen LogP contribution is -2.13. The second-order valence-corrected chi connectivity index (χ2v) is 6.73. The molecule has 0 bridgehead atoms. The molecule has 2 aromatic rings. The number of carbonyl (C=O) groups excluding carboxylic acids is 1. The molecule has 2 aromatic carbocycles. The second kappa shape index (κ2) is 7.67. The second-order valence-electron chi connectivity index (χ2n) is 6.73. The smallest absolute Gasteiger partial charge is 0.266 e. The number of carbonyl (C=O) groups is 1. The summed E-state index contributed by atoms with van der Waals surface area (Å²) >= 11 is 0. The van der Waals surface area contributed by atoms with Gasteiger partial charge in [0.05, 0.1) is 7.11 Å². The molecular weight excluding hydrogens is 312 g/mol. The largest absolute Gasteiger partial charge is 0.497 e. The van der Waals surface area contributed by atoms with E-state index in [0.29, 0.717) is 11.4 Å². The minimum absolute atomic E-state index is 0.0475. The van der Waals surface area contributed by atoms with Crippen LogP contribution in [-0.4, -0.2) is 13.0 Å². The molecular formula is C21H22N2O2. The number of nitrogens with one attached hydrogen (secondary N) is 1. The van der Waals surface area contributed by atoms with Crippen LogP contribution in [0.2, 0.25) is 0 Å². The molecule has 4 heteroatoms. The lowest BCUT2D eigenvalue weighted by atomic mass is 9.86. The molecule has 1 amide bonds. The lowest BCUT2D eigenvalue weighted by molar-refractivity contribution is -0.112. The number of ether oxygens (including phenoxy) is 1. The maximum Gasteiger partial charge on any atom is 0.266 e. The average Bonchev–Trinajstić information content (AvgIpc) is 2.59. The Morgan fingerprint density at radius 3 is 2.40 bits per heavy atom. The molecule has 0 radical (unpaired) electrons. The zero-order valence-electron chi connectivity index (χ0n) is 15.0. The van der Waals surface area contributed by atoms with Crippen molar-refractivity contribution in [3.05, 3.63) is 65.2 Å². The summed E-state index contributed by atoms with van der Waals surface area (Å²) in [5, 5.41) is 12.0. The van der Waals surface area contributed by atoms with Gasteiger partial charge in [0.2, 0.25) is 0 Å². The van der Waals surface area contributed by atoms with Gasteiger partial charge in [0, 0.05) is 11.8 Å². The van der Waals surface area contributed by atoms with Crippen LogP contribution in [0.5, 0.6) is 5.75 Å². The molecule has 4 nitrogen and oxygen atoms in total. The number of rotatable bonds is 4. The highest BCUT2D eigenvalue weighted by Gasteiger charge is 2.13. The van der Waals surface area contributed by atoms with Gasteiger partial charge in [0.15, 0.2) is 0 Å². The predicted molar refractivity (Wildman–Crippen MR) is 100 cm³/mol. The normalized spacial score (nSPS) is 11.6. The quantitative estimate of drug-likeness (QED) is 0.659. The SMILES string of the molecule is COc1cccc(NC(=O)/C(C#N)=C/c2ccc(C(C)(C)C)cc2)c1. The van der Waals surface area contributed by atoms with Gasteiger partial charge in [-0.1, -0.05) is 51.1 Å². The first-order valence-corrected chi connectivity index (χ1v) is 8.01. The highest BCUT2D eigenvalue weighted by molar-refractivity contribution is 6.09. The Bertz CT molecular complexity index is 822. The lowest BCUT2D eigenvalue weighted by Gasteiger charge is -2.18. The summed E-state index contributed by atoms with van der Waals surface area (Å²) < 4.78 is 5.13. The molecule has 0 heterocycles. The van der Waals surface area contributed by atoms with Crippen molar-refractivity contribution in [1.82, 2.24) is 0 Å². The van der Waals surface area contributed by atoms with Gasteiger partial charge in [-0.05, 0) is 34.8 Å². The fourth-order valence-electron chi connectivity index (χ4n) is 2.29. The van der Waals surface area contributed by atoms with E-state index in [0.717, 1.165) is 5.56 Å². The molecule has 0 spiro atoms. The van der Waals surface area contributed by atoms with Gasteiger partial charge >= 0.3 is 0 Å². The summed E-state index contributed by atoms with van der Waals surface area (Å²) in [5.41, 5.74) is 2.69. The van der Waals surface area contributed by atoms with Crippen LogP contribution in [0.4, 0.5) is 5.69 Å². The number of nitrogens with zero attached hydrogens (tertiary/aromatic N) is 1. The number of hydrogen-bond donors (Lipinski definition) is 1. The van der Waals surface area contributed by atoms with Crippen molar-refractivity contribution in [2.24, 2.45) is 0 Å². The van der Waals surface area contributed by atoms with Crippen LogP contribution in [0.3, 0.4) is 0 Å². The summed E-state index contributed by atoms with van der Waals surface area (Å²) in [7, 11) is 1.56. The van der Waals surface area contributed by atoms with Gasteiger partial charge in [-0.25, -0.2) is 0 Å². The number of amides is 1. The van der Waals surface area contributed by atoms with Gasteiger partial charge in [-0.2, -0.15) is 5.26 Å². The topological polar surface area (TPSA) is 62.1 Å². The monoisotopic (exact) mass is 334 g/mol. The number of methoxy groups -OCH3 is 1. The highest BCUT2D eigenvalue weighted by atomic mass is 16.5. The number of anilines is 1. The molecule has 2 rings (SSSR count). The minimum atomic E-state index is -0.448. The molecule has 0 saturated heterocycles. The van der Waals surface area contributed by atoms with Gasteiger partial charge in [0.1, 0.15) is 17.4 Å². The summed E-state index contributed by atoms with van der Waals surface area (Å²) in [6.45, 7) is 6.42. The number of nitriles is 1. The minimum Gasteiger partial charge on any atom is -0.497 e. The van der Waals surface area contributed by atoms with Gasteiger partial charge in [0.25, 0.3) is 5.91 Å². The molecule has 0 aliphatic carbocycles. The third-order valence-electron chi connectivity index (χ3n) is 3.78. The third kappa shape index (κ3) is 4.95. The Kier molecular flexibility index (Phi) is 5.61. The first-order valence-electron chi connectivity index (χ1n) is 8.01. The van der Waals surface area contributed by atoms with Crippen molar-refractivity contribution in [3.63, 3.8) is 0 Å². The Labute approximate surface area is 148 Å². The van der Waals surface area contributed by atoms with E-state index in [-0.39, 0.29) is 11.0 Å². The van der Waals surface area contributed by atoms with Crippen LogP contribution in [0.15, 0.2) is 54.1 Å². The van der Waals surface area contributed by atoms with Crippen molar-refractivity contribution < 1.29 is 9.53 Å². The molecule has 0 aromatic heterocycles. The third-order valence-corrected chi connectivity index (χ3v) is 3.78. The van der Waals surface area contributed by atoms with Crippen molar-refractivity contribution >= 4 is 17.7 Å². The maximum absolute atomic E-state index is 12.3. The van der Waals surface area contributed by atoms with E-state index in [1.807, 2.05) is 30.3 Å². The van der Waals surface area contributed by atoms with Crippen LogP contribution in [0.1, 0.15) is 31.9 Å². The average molecular weight is 334 g/mol. The van der Waals surface area contributed by atoms with Crippen molar-refractivity contribution in [2.45, 2.75) is 26.2 Å². The standard InChI is InChI=1S/C21H22N2O2/c1-21(2,3)17-10-8-15(9-11-17)12-16(14-22)20(24)23-18-6-5-7-19(13-18)25-4/h5-13H,1-4H3,(H,23,24)/b16-12+. The Morgan fingerprint density at radius 1 is 1.16 bits per heavy atom. The highest BCUT2D eigenvalue weighted by Crippen LogP contribution is 2.23. The number of benzene rings is 2. The summed E-state index contributed by atoms with van der Waals surface area (Å²) in [5.74, 6) is 0.189. The van der Waals surface area contributed by atoms with E-state index >= 15 is 0 Å². The van der Waals surface area contributed by atoms with Crippen LogP contribution in [0, 0.1) is 11.3 Å². The molecule has 0 unspecified atom stereocenters. The predicted octanol–water partition coefficient (Wildman–Crippen LogP) is 4.54. The summed E-state index contributed by atoms with van der Waals surface area (Å²) in [6, 6.07) is 16.8.